The maximum Gasteiger partial charge on any atom is 0.111 e. The lowest BCUT2D eigenvalue weighted by molar-refractivity contribution is 0.0100. The van der Waals surface area contributed by atoms with Gasteiger partial charge in [0.15, 0.2) is 0 Å². The zero-order valence-electron chi connectivity index (χ0n) is 12.9. The van der Waals surface area contributed by atoms with E-state index in [0.29, 0.717) is 0 Å². The Morgan fingerprint density at radius 1 is 1.35 bits per heavy atom. The number of aromatic nitrogens is 2. The lowest BCUT2D eigenvalue weighted by atomic mass is 9.97. The van der Waals surface area contributed by atoms with Crippen molar-refractivity contribution in [1.29, 1.82) is 0 Å². The van der Waals surface area contributed by atoms with Crippen LogP contribution >= 0.6 is 0 Å². The maximum atomic E-state index is 6.28. The van der Waals surface area contributed by atoms with Gasteiger partial charge < -0.3 is 15.0 Å². The summed E-state index contributed by atoms with van der Waals surface area (Å²) in [4.78, 5) is 4.72. The number of ether oxygens (including phenoxy) is 1. The van der Waals surface area contributed by atoms with Crippen LogP contribution < -0.4 is 5.73 Å². The highest BCUT2D eigenvalue weighted by molar-refractivity contribution is 5.75. The number of hydrogen-bond donors (Lipinski definition) is 1. The molecule has 2 rings (SSSR count). The number of nitrogens with two attached hydrogens (primary N) is 1. The number of rotatable bonds is 6. The Bertz CT molecular complexity index is 574. The lowest BCUT2D eigenvalue weighted by Gasteiger charge is -2.26. The molecule has 4 heteroatoms. The number of nitrogens with zero attached hydrogens (tertiary/aromatic N) is 2. The van der Waals surface area contributed by atoms with Crippen molar-refractivity contribution in [1.82, 2.24) is 9.55 Å². The van der Waals surface area contributed by atoms with E-state index >= 15 is 0 Å². The molecule has 0 saturated heterocycles. The summed E-state index contributed by atoms with van der Waals surface area (Å²) in [6.45, 7) is 7.18. The van der Waals surface area contributed by atoms with Gasteiger partial charge in [-0.05, 0) is 39.3 Å². The molecule has 20 heavy (non-hydrogen) atoms. The van der Waals surface area contributed by atoms with E-state index in [4.69, 9.17) is 15.5 Å². The topological polar surface area (TPSA) is 53.1 Å². The molecule has 1 heterocycles. The summed E-state index contributed by atoms with van der Waals surface area (Å²) >= 11 is 0. The van der Waals surface area contributed by atoms with Crippen LogP contribution in [0.15, 0.2) is 24.3 Å². The third-order valence-electron chi connectivity index (χ3n) is 3.80. The van der Waals surface area contributed by atoms with Crippen LogP contribution in [-0.2, 0) is 17.7 Å². The van der Waals surface area contributed by atoms with E-state index < -0.39 is 0 Å². The zero-order chi connectivity index (χ0) is 14.8. The Morgan fingerprint density at radius 2 is 2.05 bits per heavy atom. The molecule has 0 bridgehead atoms. The van der Waals surface area contributed by atoms with Crippen molar-refractivity contribution in [3.8, 4) is 0 Å². The van der Waals surface area contributed by atoms with E-state index in [-0.39, 0.29) is 11.6 Å². The molecule has 0 aliphatic rings. The van der Waals surface area contributed by atoms with Gasteiger partial charge in [0.25, 0.3) is 0 Å². The summed E-state index contributed by atoms with van der Waals surface area (Å²) in [6.07, 6.45) is 1.59. The van der Waals surface area contributed by atoms with Gasteiger partial charge in [0.05, 0.1) is 16.6 Å². The summed E-state index contributed by atoms with van der Waals surface area (Å²) in [6, 6.07) is 8.28. The van der Waals surface area contributed by atoms with Gasteiger partial charge in [0.2, 0.25) is 0 Å². The first-order valence-electron chi connectivity index (χ1n) is 7.21. The second kappa shape index (κ2) is 5.94. The molecule has 0 fully saturated rings. The van der Waals surface area contributed by atoms with Gasteiger partial charge in [-0.25, -0.2) is 4.98 Å². The normalized spacial score (nSPS) is 13.8. The zero-order valence-corrected chi connectivity index (χ0v) is 12.9. The molecule has 0 radical (unpaired) electrons. The number of imidazole rings is 1. The first-order chi connectivity index (χ1) is 9.46. The fourth-order valence-electron chi connectivity index (χ4n) is 2.66. The minimum Gasteiger partial charge on any atom is -0.379 e. The van der Waals surface area contributed by atoms with E-state index in [1.54, 1.807) is 7.11 Å². The fourth-order valence-corrected chi connectivity index (χ4v) is 2.66. The number of aryl methyl sites for hydroxylation is 1. The van der Waals surface area contributed by atoms with Crippen molar-refractivity contribution >= 4 is 11.0 Å². The van der Waals surface area contributed by atoms with Gasteiger partial charge in [-0.3, -0.25) is 0 Å². The molecule has 1 atom stereocenters. The molecular formula is C16H25N3O. The molecule has 1 unspecified atom stereocenters. The second-order valence-electron chi connectivity index (χ2n) is 5.89. The summed E-state index contributed by atoms with van der Waals surface area (Å²) in [5.41, 5.74) is 8.32. The predicted molar refractivity (Wildman–Crippen MR) is 82.8 cm³/mol. The summed E-state index contributed by atoms with van der Waals surface area (Å²) in [5, 5.41) is 0. The van der Waals surface area contributed by atoms with Crippen molar-refractivity contribution < 1.29 is 4.74 Å². The first kappa shape index (κ1) is 15.0. The monoisotopic (exact) mass is 275 g/mol. The minimum absolute atomic E-state index is 0.0482. The highest BCUT2D eigenvalue weighted by Crippen LogP contribution is 2.20. The number of fused-ring (bicyclic) bond motifs is 1. The van der Waals surface area contributed by atoms with Gasteiger partial charge in [-0.2, -0.15) is 0 Å². The summed E-state index contributed by atoms with van der Waals surface area (Å²) < 4.78 is 7.70. The average molecular weight is 275 g/mol. The Balaban J connectivity index is 2.21. The second-order valence-corrected chi connectivity index (χ2v) is 5.89. The minimum atomic E-state index is -0.192. The highest BCUT2D eigenvalue weighted by atomic mass is 16.5. The van der Waals surface area contributed by atoms with E-state index in [1.807, 2.05) is 12.1 Å². The van der Waals surface area contributed by atoms with E-state index in [0.717, 1.165) is 30.7 Å². The molecule has 0 aliphatic carbocycles. The molecule has 1 aromatic heterocycles. The van der Waals surface area contributed by atoms with Crippen LogP contribution in [-0.4, -0.2) is 28.3 Å². The van der Waals surface area contributed by atoms with Gasteiger partial charge in [-0.1, -0.05) is 12.1 Å². The van der Waals surface area contributed by atoms with Crippen LogP contribution in [0.5, 0.6) is 0 Å². The molecule has 0 aliphatic heterocycles. The highest BCUT2D eigenvalue weighted by Gasteiger charge is 2.22. The Labute approximate surface area is 120 Å². The molecule has 2 N–H and O–H groups in total. The third-order valence-corrected chi connectivity index (χ3v) is 3.80. The van der Waals surface area contributed by atoms with E-state index in [1.165, 1.54) is 5.52 Å². The predicted octanol–water partition coefficient (Wildman–Crippen LogP) is 2.74. The first-order valence-corrected chi connectivity index (χ1v) is 7.21. The van der Waals surface area contributed by atoms with Gasteiger partial charge >= 0.3 is 0 Å². The van der Waals surface area contributed by atoms with Crippen molar-refractivity contribution in [2.75, 3.05) is 7.11 Å². The van der Waals surface area contributed by atoms with Gasteiger partial charge in [0, 0.05) is 26.1 Å². The molecule has 0 spiro atoms. The molecule has 0 saturated carbocycles. The van der Waals surface area contributed by atoms with E-state index in [9.17, 15) is 0 Å². The Morgan fingerprint density at radius 3 is 2.70 bits per heavy atom. The average Bonchev–Trinajstić information content (AvgIpc) is 2.74. The lowest BCUT2D eigenvalue weighted by Crippen LogP contribution is -2.35. The van der Waals surface area contributed by atoms with Gasteiger partial charge in [-0.15, -0.1) is 0 Å². The summed E-state index contributed by atoms with van der Waals surface area (Å²) in [5.74, 6) is 1.06. The molecular weight excluding hydrogens is 250 g/mol. The SMILES string of the molecule is CCn1c(CC(N)CC(C)(C)OC)nc2ccccc21. The fraction of sp³-hybridized carbons (Fsp3) is 0.562. The van der Waals surface area contributed by atoms with Crippen molar-refractivity contribution in [2.24, 2.45) is 5.73 Å². The third kappa shape index (κ3) is 3.19. The molecule has 4 nitrogen and oxygen atoms in total. The Hall–Kier alpha value is -1.39. The number of hydrogen-bond acceptors (Lipinski definition) is 3. The van der Waals surface area contributed by atoms with Crippen LogP contribution in [0.4, 0.5) is 0 Å². The van der Waals surface area contributed by atoms with Crippen LogP contribution in [0.2, 0.25) is 0 Å². The maximum absolute atomic E-state index is 6.28. The van der Waals surface area contributed by atoms with Crippen LogP contribution in [0, 0.1) is 0 Å². The molecule has 0 amide bonds. The molecule has 2 aromatic rings. The summed E-state index contributed by atoms with van der Waals surface area (Å²) in [7, 11) is 1.73. The van der Waals surface area contributed by atoms with Crippen molar-refractivity contribution in [2.45, 2.75) is 51.8 Å². The van der Waals surface area contributed by atoms with Crippen molar-refractivity contribution in [3.05, 3.63) is 30.1 Å². The van der Waals surface area contributed by atoms with Gasteiger partial charge in [0.1, 0.15) is 5.82 Å². The quantitative estimate of drug-likeness (QED) is 0.882. The van der Waals surface area contributed by atoms with E-state index in [2.05, 4.69) is 37.5 Å². The van der Waals surface area contributed by atoms with Crippen LogP contribution in [0.3, 0.4) is 0 Å². The number of para-hydroxylation sites is 2. The largest absolute Gasteiger partial charge is 0.379 e. The standard InChI is InChI=1S/C16H25N3O/c1-5-19-14-9-7-6-8-13(14)18-15(19)10-12(17)11-16(2,3)20-4/h6-9,12H,5,10-11,17H2,1-4H3. The molecule has 110 valence electrons. The Kier molecular flexibility index (Phi) is 4.45. The smallest absolute Gasteiger partial charge is 0.111 e. The molecule has 1 aromatic carbocycles. The number of benzene rings is 1. The van der Waals surface area contributed by atoms with Crippen molar-refractivity contribution in [3.63, 3.8) is 0 Å². The van der Waals surface area contributed by atoms with Crippen LogP contribution in [0.25, 0.3) is 11.0 Å². The number of methoxy groups -OCH3 is 1. The van der Waals surface area contributed by atoms with Crippen LogP contribution in [0.1, 0.15) is 33.0 Å².